The van der Waals surface area contributed by atoms with Crippen LogP contribution in [-0.2, 0) is 16.0 Å². The van der Waals surface area contributed by atoms with Gasteiger partial charge >= 0.3 is 0 Å². The number of aryl methyl sites for hydroxylation is 2. The molecule has 0 aliphatic carbocycles. The van der Waals surface area contributed by atoms with Crippen LogP contribution in [0.5, 0.6) is 0 Å². The van der Waals surface area contributed by atoms with E-state index in [9.17, 15) is 4.79 Å². The molecule has 0 unspecified atom stereocenters. The summed E-state index contributed by atoms with van der Waals surface area (Å²) < 4.78 is 5.31. The minimum atomic E-state index is -0.354. The molecule has 0 saturated heterocycles. The third kappa shape index (κ3) is 4.35. The first kappa shape index (κ1) is 15.7. The van der Waals surface area contributed by atoms with Crippen molar-refractivity contribution in [3.63, 3.8) is 0 Å². The second-order valence-corrected chi connectivity index (χ2v) is 4.87. The van der Waals surface area contributed by atoms with Crippen LogP contribution in [0.15, 0.2) is 0 Å². The number of nitrogens with one attached hydrogen (secondary N) is 1. The molecule has 0 saturated carbocycles. The van der Waals surface area contributed by atoms with Gasteiger partial charge in [0.15, 0.2) is 0 Å². The van der Waals surface area contributed by atoms with Gasteiger partial charge in [-0.2, -0.15) is 5.10 Å². The van der Waals surface area contributed by atoms with Crippen LogP contribution in [0.25, 0.3) is 0 Å². The second-order valence-electron chi connectivity index (χ2n) is 4.87. The number of likely N-dealkylation sites (N-methyl/N-ethyl adjacent to an activating group) is 1. The molecule has 1 aromatic heterocycles. The number of hydrogen-bond acceptors (Lipinski definition) is 3. The highest BCUT2D eigenvalue weighted by Gasteiger charge is 2.17. The largest absolute Gasteiger partial charge is 0.369 e. The summed E-state index contributed by atoms with van der Waals surface area (Å²) in [5.74, 6) is 0.0440. The van der Waals surface area contributed by atoms with Crippen molar-refractivity contribution in [3.8, 4) is 0 Å². The number of hydrogen-bond donors (Lipinski definition) is 1. The Morgan fingerprint density at radius 3 is 2.68 bits per heavy atom. The van der Waals surface area contributed by atoms with E-state index < -0.39 is 0 Å². The minimum Gasteiger partial charge on any atom is -0.369 e. The standard InChI is InChI=1S/C14H25N3O2/c1-6-19-12(4)14(18)17(5)9-7-8-13-10(2)15-16-11(13)3/h12H,6-9H2,1-5H3,(H,15,16)/t12-/m0/s1. The van der Waals surface area contributed by atoms with Crippen LogP contribution < -0.4 is 0 Å². The van der Waals surface area contributed by atoms with Gasteiger partial charge in [-0.3, -0.25) is 9.89 Å². The Balaban J connectivity index is 2.39. The van der Waals surface area contributed by atoms with Crippen molar-refractivity contribution in [2.45, 2.75) is 46.6 Å². The quantitative estimate of drug-likeness (QED) is 0.820. The van der Waals surface area contributed by atoms with E-state index in [0.29, 0.717) is 6.61 Å². The van der Waals surface area contributed by atoms with Crippen molar-refractivity contribution in [1.82, 2.24) is 15.1 Å². The van der Waals surface area contributed by atoms with Gasteiger partial charge in [-0.05, 0) is 46.1 Å². The first-order valence-electron chi connectivity index (χ1n) is 6.84. The lowest BCUT2D eigenvalue weighted by atomic mass is 10.1. The second kappa shape index (κ2) is 7.28. The summed E-state index contributed by atoms with van der Waals surface area (Å²) in [7, 11) is 1.83. The fraction of sp³-hybridized carbons (Fsp3) is 0.714. The van der Waals surface area contributed by atoms with Crippen molar-refractivity contribution < 1.29 is 9.53 Å². The van der Waals surface area contributed by atoms with E-state index in [1.54, 1.807) is 11.8 Å². The average molecular weight is 267 g/mol. The Morgan fingerprint density at radius 1 is 1.47 bits per heavy atom. The van der Waals surface area contributed by atoms with Crippen LogP contribution in [0.3, 0.4) is 0 Å². The van der Waals surface area contributed by atoms with Crippen LogP contribution in [0.2, 0.25) is 0 Å². The van der Waals surface area contributed by atoms with Gasteiger partial charge < -0.3 is 9.64 Å². The molecular formula is C14H25N3O2. The molecule has 5 nitrogen and oxygen atoms in total. The van der Waals surface area contributed by atoms with Gasteiger partial charge in [-0.25, -0.2) is 0 Å². The van der Waals surface area contributed by atoms with E-state index >= 15 is 0 Å². The van der Waals surface area contributed by atoms with E-state index in [2.05, 4.69) is 10.2 Å². The highest BCUT2D eigenvalue weighted by Crippen LogP contribution is 2.12. The highest BCUT2D eigenvalue weighted by atomic mass is 16.5. The van der Waals surface area contributed by atoms with Gasteiger partial charge in [-0.1, -0.05) is 0 Å². The maximum Gasteiger partial charge on any atom is 0.251 e. The molecule has 0 spiro atoms. The molecular weight excluding hydrogens is 242 g/mol. The van der Waals surface area contributed by atoms with Crippen molar-refractivity contribution >= 4 is 5.91 Å². The van der Waals surface area contributed by atoms with Gasteiger partial charge in [-0.15, -0.1) is 0 Å². The predicted molar refractivity (Wildman–Crippen MR) is 75.1 cm³/mol. The molecule has 19 heavy (non-hydrogen) atoms. The fourth-order valence-electron chi connectivity index (χ4n) is 2.18. The van der Waals surface area contributed by atoms with Crippen LogP contribution >= 0.6 is 0 Å². The zero-order valence-corrected chi connectivity index (χ0v) is 12.6. The molecule has 0 bridgehead atoms. The fourth-order valence-corrected chi connectivity index (χ4v) is 2.18. The average Bonchev–Trinajstić information content (AvgIpc) is 2.69. The van der Waals surface area contributed by atoms with Gasteiger partial charge in [0.1, 0.15) is 6.10 Å². The Morgan fingerprint density at radius 2 is 2.16 bits per heavy atom. The van der Waals surface area contributed by atoms with Crippen molar-refractivity contribution in [2.75, 3.05) is 20.2 Å². The van der Waals surface area contributed by atoms with Crippen LogP contribution in [0.4, 0.5) is 0 Å². The summed E-state index contributed by atoms with van der Waals surface area (Å²) >= 11 is 0. The molecule has 0 aliphatic rings. The van der Waals surface area contributed by atoms with E-state index in [0.717, 1.165) is 30.8 Å². The summed E-state index contributed by atoms with van der Waals surface area (Å²) in [4.78, 5) is 13.7. The number of nitrogens with zero attached hydrogens (tertiary/aromatic N) is 2. The Labute approximate surface area is 115 Å². The molecule has 108 valence electrons. The number of H-pyrrole nitrogens is 1. The zero-order chi connectivity index (χ0) is 14.4. The molecule has 0 aromatic carbocycles. The predicted octanol–water partition coefficient (Wildman–Crippen LogP) is 1.84. The monoisotopic (exact) mass is 267 g/mol. The number of carbonyl (C=O) groups is 1. The van der Waals surface area contributed by atoms with Crippen molar-refractivity contribution in [3.05, 3.63) is 17.0 Å². The van der Waals surface area contributed by atoms with Crippen LogP contribution in [0, 0.1) is 13.8 Å². The molecule has 1 rings (SSSR count). The van der Waals surface area contributed by atoms with E-state index in [4.69, 9.17) is 4.74 Å². The topological polar surface area (TPSA) is 58.2 Å². The maximum absolute atomic E-state index is 11.9. The number of ether oxygens (including phenoxy) is 1. The summed E-state index contributed by atoms with van der Waals surface area (Å²) in [6.45, 7) is 9.03. The summed E-state index contributed by atoms with van der Waals surface area (Å²) in [5.41, 5.74) is 3.43. The number of rotatable bonds is 7. The third-order valence-corrected chi connectivity index (χ3v) is 3.34. The Hall–Kier alpha value is -1.36. The molecule has 1 N–H and O–H groups in total. The molecule has 0 radical (unpaired) electrons. The zero-order valence-electron chi connectivity index (χ0n) is 12.6. The number of aromatic nitrogens is 2. The number of carbonyl (C=O) groups excluding carboxylic acids is 1. The molecule has 0 fully saturated rings. The van der Waals surface area contributed by atoms with Crippen molar-refractivity contribution in [1.29, 1.82) is 0 Å². The molecule has 5 heteroatoms. The maximum atomic E-state index is 11.9. The number of aromatic amines is 1. The smallest absolute Gasteiger partial charge is 0.251 e. The van der Waals surface area contributed by atoms with E-state index in [1.807, 2.05) is 27.8 Å². The third-order valence-electron chi connectivity index (χ3n) is 3.34. The molecule has 1 heterocycles. The highest BCUT2D eigenvalue weighted by molar-refractivity contribution is 5.80. The van der Waals surface area contributed by atoms with Crippen LogP contribution in [-0.4, -0.2) is 47.3 Å². The van der Waals surface area contributed by atoms with Gasteiger partial charge in [0.25, 0.3) is 5.91 Å². The Bertz CT molecular complexity index is 395. The van der Waals surface area contributed by atoms with Crippen LogP contribution in [0.1, 0.15) is 37.2 Å². The van der Waals surface area contributed by atoms with Gasteiger partial charge in [0.05, 0.1) is 5.69 Å². The molecule has 0 aliphatic heterocycles. The van der Waals surface area contributed by atoms with E-state index in [1.165, 1.54) is 5.56 Å². The molecule has 1 amide bonds. The first-order valence-corrected chi connectivity index (χ1v) is 6.84. The molecule has 1 atom stereocenters. The van der Waals surface area contributed by atoms with Gasteiger partial charge in [0, 0.05) is 25.9 Å². The SMILES string of the molecule is CCO[C@@H](C)C(=O)N(C)CCCc1c(C)n[nH]c1C. The lowest BCUT2D eigenvalue weighted by Gasteiger charge is -2.21. The van der Waals surface area contributed by atoms with Crippen molar-refractivity contribution in [2.24, 2.45) is 0 Å². The lowest BCUT2D eigenvalue weighted by molar-refractivity contribution is -0.141. The van der Waals surface area contributed by atoms with E-state index in [-0.39, 0.29) is 12.0 Å². The lowest BCUT2D eigenvalue weighted by Crippen LogP contribution is -2.37. The summed E-state index contributed by atoms with van der Waals surface area (Å²) in [6.07, 6.45) is 1.52. The normalized spacial score (nSPS) is 12.5. The van der Waals surface area contributed by atoms with Gasteiger partial charge in [0.2, 0.25) is 0 Å². The minimum absolute atomic E-state index is 0.0440. The first-order chi connectivity index (χ1) is 8.97. The summed E-state index contributed by atoms with van der Waals surface area (Å²) in [6, 6.07) is 0. The number of amides is 1. The Kier molecular flexibility index (Phi) is 6.02. The molecule has 1 aromatic rings. The summed E-state index contributed by atoms with van der Waals surface area (Å²) in [5, 5.41) is 7.16.